The van der Waals surface area contributed by atoms with Gasteiger partial charge in [0.25, 0.3) is 0 Å². The first-order valence-electron chi connectivity index (χ1n) is 40.1. The molecule has 0 bridgehead atoms. The van der Waals surface area contributed by atoms with E-state index in [0.717, 1.165) is 88.9 Å². The average molecular weight is 1600 g/mol. The lowest BCUT2D eigenvalue weighted by Gasteiger charge is -2.25. The zero-order valence-corrected chi connectivity index (χ0v) is 68.5. The van der Waals surface area contributed by atoms with Gasteiger partial charge in [-0.1, -0.05) is 364 Å². The minimum absolute atomic E-state index is 0.189. The molecule has 12 heteroatoms. The van der Waals surface area contributed by atoms with Crippen molar-refractivity contribution in [1.82, 2.24) is 29.9 Å². The molecule has 0 N–H and O–H groups in total. The van der Waals surface area contributed by atoms with Gasteiger partial charge in [-0.15, -0.1) is 22.7 Å². The van der Waals surface area contributed by atoms with E-state index < -0.39 is 18.3 Å². The van der Waals surface area contributed by atoms with Crippen LogP contribution in [0.4, 0.5) is 0 Å². The lowest BCUT2D eigenvalue weighted by molar-refractivity contribution is 0.0262. The first kappa shape index (κ1) is 76.1. The van der Waals surface area contributed by atoms with E-state index in [1.54, 1.807) is 0 Å². The van der Waals surface area contributed by atoms with E-state index in [9.17, 15) is 0 Å². The third-order valence-corrected chi connectivity index (χ3v) is 25.0. The fourth-order valence-corrected chi connectivity index (χ4v) is 18.6. The molecule has 1 fully saturated rings. The van der Waals surface area contributed by atoms with Gasteiger partial charge in [0.15, 0.2) is 29.1 Å². The second-order valence-corrected chi connectivity index (χ2v) is 32.9. The maximum Gasteiger partial charge on any atom is 0.498 e. The Morgan fingerprint density at radius 1 is 0.242 bits per heavy atom. The highest BCUT2D eigenvalue weighted by Crippen LogP contribution is 2.48. The minimum Gasteiger partial charge on any atom is -0.395 e. The van der Waals surface area contributed by atoms with Crippen LogP contribution in [-0.4, -0.2) is 48.2 Å². The van der Waals surface area contributed by atoms with Crippen molar-refractivity contribution in [2.75, 3.05) is 0 Å². The van der Waals surface area contributed by atoms with Crippen molar-refractivity contribution in [2.24, 2.45) is 0 Å². The Labute approximate surface area is 711 Å². The zero-order valence-electron chi connectivity index (χ0n) is 66.1. The monoisotopic (exact) mass is 1600 g/mol. The summed E-state index contributed by atoms with van der Waals surface area (Å²) in [6.07, 6.45) is 0. The number of halogens is 1. The number of aromatic nitrogens is 6. The molecule has 8 nitrogen and oxygen atoms in total. The molecule has 0 saturated carbocycles. The molecule has 4 aromatic heterocycles. The van der Waals surface area contributed by atoms with Gasteiger partial charge >= 0.3 is 7.12 Å². The van der Waals surface area contributed by atoms with Crippen LogP contribution in [0.3, 0.4) is 0 Å². The third-order valence-electron chi connectivity index (χ3n) is 22.3. The number of hydrogen-bond acceptors (Lipinski definition) is 10. The zero-order chi connectivity index (χ0) is 81.1. The predicted molar refractivity (Wildman–Crippen MR) is 503 cm³/mol. The molecule has 1 saturated heterocycles. The maximum atomic E-state index is 6.45. The fraction of sp³-hybridized carbons (Fsp3) is 0.0463. The van der Waals surface area contributed by atoms with Gasteiger partial charge in [0.2, 0.25) is 10.9 Å². The van der Waals surface area contributed by atoms with Crippen molar-refractivity contribution in [3.63, 3.8) is 0 Å². The Morgan fingerprint density at radius 3 is 0.867 bits per heavy atom. The summed E-state index contributed by atoms with van der Waals surface area (Å²) in [6.45, 7) is 10.4. The fourth-order valence-electron chi connectivity index (χ4n) is 15.6. The van der Waals surface area contributed by atoms with E-state index in [1.807, 2.05) is 128 Å². The minimum atomic E-state index is -0.653. The lowest BCUT2D eigenvalue weighted by Crippen LogP contribution is -2.42. The molecule has 0 amide bonds. The number of thiophene rings is 2. The number of fused-ring (bicyclic) bond motifs is 6. The predicted octanol–water partition coefficient (Wildman–Crippen LogP) is 28.6. The Balaban J connectivity index is 0.000000128. The highest BCUT2D eigenvalue weighted by atomic mass is 35.5. The van der Waals surface area contributed by atoms with Crippen molar-refractivity contribution < 1.29 is 9.31 Å². The molecule has 0 spiro atoms. The van der Waals surface area contributed by atoms with Gasteiger partial charge in [-0.2, -0.15) is 9.97 Å². The molecule has 20 aromatic rings. The van der Waals surface area contributed by atoms with Gasteiger partial charge < -0.3 is 9.31 Å². The van der Waals surface area contributed by atoms with Crippen LogP contribution in [0.2, 0.25) is 5.28 Å². The van der Waals surface area contributed by atoms with Crippen LogP contribution in [0.25, 0.3) is 186 Å². The molecule has 1 aliphatic heterocycles. The van der Waals surface area contributed by atoms with Crippen LogP contribution < -0.4 is 5.46 Å². The Hall–Kier alpha value is -13.9. The van der Waals surface area contributed by atoms with Crippen molar-refractivity contribution in [2.45, 2.75) is 32.0 Å². The summed E-state index contributed by atoms with van der Waals surface area (Å²) in [6, 6.07) is 140. The van der Waals surface area contributed by atoms with Gasteiger partial charge in [0.1, 0.15) is 5.60 Å². The largest absolute Gasteiger partial charge is 0.498 e. The highest BCUT2D eigenvalue weighted by molar-refractivity contribution is 7.27. The van der Waals surface area contributed by atoms with E-state index in [-0.39, 0.29) is 5.28 Å². The summed E-state index contributed by atoms with van der Waals surface area (Å²) in [5.41, 5.74) is 23.2. The summed E-state index contributed by atoms with van der Waals surface area (Å²) < 4.78 is 18.0. The Bertz CT molecular complexity index is 7090. The molecular formula is C108H77BClN6O2S2+. The molecule has 5 heterocycles. The van der Waals surface area contributed by atoms with E-state index in [1.165, 1.54) is 73.7 Å². The molecule has 0 aliphatic carbocycles. The topological polar surface area (TPSA) is 95.8 Å². The molecule has 16 aromatic carbocycles. The van der Waals surface area contributed by atoms with Crippen LogP contribution >= 0.6 is 34.3 Å². The number of nitrogens with zero attached hydrogens (tertiary/aromatic N) is 6. The SMILES string of the molecule is Clc1nc(-c2ccccc2)nc(-c2cccc(-c3ccccc3)c2)n1.[CH2+]C1(C)OB(c2cc(-c3ccccc3)cc(-c3cccc4c3sc3c(-c5ccccc5)cccc34)c2)OC1(C)C.c1ccc(-c2cccc(-c3nc(-c4ccccc4)nc(-c4cc(-c5ccccc5)cc(-c5cccc6c5sc5c(-c7ccccc7)cccc56)c4)n3)c2)cc1. The molecule has 21 rings (SSSR count). The summed E-state index contributed by atoms with van der Waals surface area (Å²) in [7, 11) is -0.494. The molecule has 572 valence electrons. The van der Waals surface area contributed by atoms with Crippen molar-refractivity contribution >= 4 is 87.2 Å². The maximum absolute atomic E-state index is 6.45. The Kier molecular flexibility index (Phi) is 21.1. The highest BCUT2D eigenvalue weighted by Gasteiger charge is 2.57. The van der Waals surface area contributed by atoms with Gasteiger partial charge in [-0.3, -0.25) is 0 Å². The summed E-state index contributed by atoms with van der Waals surface area (Å²) >= 11 is 9.88. The van der Waals surface area contributed by atoms with Crippen LogP contribution in [0, 0.1) is 6.92 Å². The lowest BCUT2D eigenvalue weighted by atomic mass is 9.76. The van der Waals surface area contributed by atoms with Gasteiger partial charge in [0.05, 0.1) is 6.92 Å². The number of rotatable bonds is 14. The average Bonchev–Trinajstić information content (AvgIpc) is 1.65. The van der Waals surface area contributed by atoms with E-state index >= 15 is 0 Å². The molecule has 1 unspecified atom stereocenters. The van der Waals surface area contributed by atoms with E-state index in [2.05, 4.69) is 337 Å². The van der Waals surface area contributed by atoms with Crippen molar-refractivity contribution in [3.8, 4) is 146 Å². The van der Waals surface area contributed by atoms with Crippen molar-refractivity contribution in [1.29, 1.82) is 0 Å². The summed E-state index contributed by atoms with van der Waals surface area (Å²) in [4.78, 5) is 28.6. The molecule has 120 heavy (non-hydrogen) atoms. The molecule has 1 atom stereocenters. The van der Waals surface area contributed by atoms with Crippen LogP contribution in [-0.2, 0) is 9.31 Å². The number of hydrogen-bond donors (Lipinski definition) is 0. The van der Waals surface area contributed by atoms with Crippen LogP contribution in [0.1, 0.15) is 20.8 Å². The second kappa shape index (κ2) is 33.3. The molecular weight excluding hydrogens is 1520 g/mol. The van der Waals surface area contributed by atoms with Gasteiger partial charge in [-0.25, -0.2) is 19.9 Å². The first-order chi connectivity index (χ1) is 58.8. The standard InChI is InChI=1S/C51H33N3S.C36H30BO2S.C21H14ClN3/c1-5-16-34(17-6-1)38-24-13-25-39(30-38)50-52-49(37-22-11-4-12-23-37)53-51(54-50)42-32-40(35-18-7-2-8-19-35)31-41(33-42)44-27-15-29-46-45-28-14-26-43(47(45)55-48(44)46)36-20-9-3-10-21-36;1-35(2)36(3,4)39-37(38-35)28-22-26(24-13-7-5-8-14-24)21-27(23-28)30-18-12-20-32-31-19-11-17-29(33(31)40-34(30)32)25-15-9-6-10-16-25;22-21-24-19(16-10-5-2-6-11-16)23-20(25-21)18-13-7-12-17(14-18)15-8-3-1-4-9-15/h1-33H;5-23H,1H2,2-4H3;1-14H/q;+1;. The summed E-state index contributed by atoms with van der Waals surface area (Å²) in [5, 5.41) is 5.29. The normalized spacial score (nSPS) is 13.6. The smallest absolute Gasteiger partial charge is 0.395 e. The van der Waals surface area contributed by atoms with E-state index in [0.29, 0.717) is 29.1 Å². The number of benzene rings is 16. The van der Waals surface area contributed by atoms with Crippen LogP contribution in [0.5, 0.6) is 0 Å². The van der Waals surface area contributed by atoms with Gasteiger partial charge in [-0.05, 0) is 156 Å². The molecule has 0 radical (unpaired) electrons. The van der Waals surface area contributed by atoms with Crippen LogP contribution in [0.15, 0.2) is 400 Å². The quantitative estimate of drug-likeness (QED) is 0.0785. The second-order valence-electron chi connectivity index (χ2n) is 30.5. The Morgan fingerprint density at radius 2 is 0.492 bits per heavy atom. The summed E-state index contributed by atoms with van der Waals surface area (Å²) in [5.74, 6) is 3.03. The van der Waals surface area contributed by atoms with E-state index in [4.69, 9.17) is 35.9 Å². The first-order valence-corrected chi connectivity index (χ1v) is 42.1. The molecule has 1 aliphatic rings. The van der Waals surface area contributed by atoms with Gasteiger partial charge in [0, 0.05) is 75.1 Å². The third kappa shape index (κ3) is 15.8. The van der Waals surface area contributed by atoms with Crippen molar-refractivity contribution in [3.05, 3.63) is 413 Å².